The fraction of sp³-hybridized carbons (Fsp3) is 0.680. The first-order chi connectivity index (χ1) is 16.0. The van der Waals surface area contributed by atoms with Crippen LogP contribution in [0.1, 0.15) is 45.1 Å². The Balaban J connectivity index is 1.65. The van der Waals surface area contributed by atoms with Crippen molar-refractivity contribution in [1.29, 1.82) is 0 Å². The molecule has 1 aromatic rings. The number of aliphatic hydroxyl groups is 2. The number of hydrogen-bond acceptors (Lipinski definition) is 5. The third kappa shape index (κ3) is 6.44. The molecule has 2 amide bonds. The van der Waals surface area contributed by atoms with E-state index in [0.29, 0.717) is 25.1 Å². The van der Waals surface area contributed by atoms with Crippen LogP contribution in [0.4, 0.5) is 9.80 Å². The molecule has 2 aliphatic rings. The monoisotopic (exact) mass is 494 g/mol. The summed E-state index contributed by atoms with van der Waals surface area (Å²) in [5.74, 6) is -0.522. The summed E-state index contributed by atoms with van der Waals surface area (Å²) >= 11 is 0. The van der Waals surface area contributed by atoms with Crippen molar-refractivity contribution >= 4 is 25.9 Å². The molecule has 0 saturated carbocycles. The zero-order chi connectivity index (χ0) is 25.0. The minimum absolute atomic E-state index is 0.00481. The highest BCUT2D eigenvalue weighted by atomic mass is 28.4. The number of halogens is 1. The van der Waals surface area contributed by atoms with E-state index in [4.69, 9.17) is 4.74 Å². The third-order valence-electron chi connectivity index (χ3n) is 7.27. The number of aliphatic hydroxyl groups excluding tert-OH is 2. The van der Waals surface area contributed by atoms with Gasteiger partial charge < -0.3 is 29.3 Å². The quantitative estimate of drug-likeness (QED) is 0.362. The number of nitrogens with one attached hydrogen (secondary N) is 1. The molecule has 0 radical (unpaired) electrons. The summed E-state index contributed by atoms with van der Waals surface area (Å²) in [5.41, 5.74) is 1.36. The summed E-state index contributed by atoms with van der Waals surface area (Å²) in [4.78, 5) is 26.5. The SMILES string of the molecule is C[C@H]1[C@H]([Si](C)(C)F)[C@@H](CC(=O)N2CCC[C@H]2CO)O[C@H]1CCc1cccc(NC(=O)[C@H](C)O)c1. The van der Waals surface area contributed by atoms with Crippen LogP contribution in [-0.4, -0.2) is 72.8 Å². The van der Waals surface area contributed by atoms with E-state index in [0.717, 1.165) is 18.4 Å². The first-order valence-corrected chi connectivity index (χ1v) is 15.3. The predicted octanol–water partition coefficient (Wildman–Crippen LogP) is 3.26. The number of rotatable bonds is 9. The first-order valence-electron chi connectivity index (χ1n) is 12.3. The van der Waals surface area contributed by atoms with Crippen LogP contribution in [-0.2, 0) is 20.7 Å². The average Bonchev–Trinajstić information content (AvgIpc) is 3.36. The minimum atomic E-state index is -3.09. The summed E-state index contributed by atoms with van der Waals surface area (Å²) in [6.07, 6.45) is 1.51. The molecule has 3 rings (SSSR count). The minimum Gasteiger partial charge on any atom is -0.394 e. The average molecular weight is 495 g/mol. The number of carbonyl (C=O) groups is 2. The van der Waals surface area contributed by atoms with Gasteiger partial charge in [0.15, 0.2) is 0 Å². The first kappa shape index (κ1) is 26.8. The zero-order valence-corrected chi connectivity index (χ0v) is 21.7. The van der Waals surface area contributed by atoms with E-state index in [9.17, 15) is 19.8 Å². The van der Waals surface area contributed by atoms with Gasteiger partial charge in [-0.15, -0.1) is 0 Å². The molecule has 7 nitrogen and oxygen atoms in total. The van der Waals surface area contributed by atoms with Crippen LogP contribution in [0.5, 0.6) is 0 Å². The Labute approximate surface area is 202 Å². The molecular weight excluding hydrogens is 455 g/mol. The molecule has 0 unspecified atom stereocenters. The molecular formula is C25H39FN2O5Si. The van der Waals surface area contributed by atoms with Crippen molar-refractivity contribution in [2.45, 2.75) is 88.9 Å². The van der Waals surface area contributed by atoms with Gasteiger partial charge in [0.2, 0.25) is 14.3 Å². The predicted molar refractivity (Wildman–Crippen MR) is 132 cm³/mol. The van der Waals surface area contributed by atoms with Crippen LogP contribution in [0, 0.1) is 5.92 Å². The molecule has 0 bridgehead atoms. The van der Waals surface area contributed by atoms with Gasteiger partial charge in [0.05, 0.1) is 31.3 Å². The van der Waals surface area contributed by atoms with Gasteiger partial charge in [0.25, 0.3) is 5.91 Å². The Kier molecular flexibility index (Phi) is 8.89. The zero-order valence-electron chi connectivity index (χ0n) is 20.7. The largest absolute Gasteiger partial charge is 0.394 e. The number of ether oxygens (including phenoxy) is 1. The van der Waals surface area contributed by atoms with Crippen molar-refractivity contribution < 1.29 is 28.6 Å². The highest BCUT2D eigenvalue weighted by Crippen LogP contribution is 2.47. The van der Waals surface area contributed by atoms with E-state index >= 15 is 4.11 Å². The van der Waals surface area contributed by atoms with Crippen molar-refractivity contribution in [3.63, 3.8) is 0 Å². The number of hydrogen-bond donors (Lipinski definition) is 3. The van der Waals surface area contributed by atoms with Crippen molar-refractivity contribution in [2.24, 2.45) is 5.92 Å². The Hall–Kier alpha value is -1.81. The van der Waals surface area contributed by atoms with E-state index in [1.165, 1.54) is 6.92 Å². The van der Waals surface area contributed by atoms with Crippen molar-refractivity contribution in [3.05, 3.63) is 29.8 Å². The van der Waals surface area contributed by atoms with Crippen LogP contribution in [0.2, 0.25) is 18.6 Å². The molecule has 190 valence electrons. The molecule has 0 aromatic heterocycles. The van der Waals surface area contributed by atoms with Gasteiger partial charge in [0, 0.05) is 17.8 Å². The van der Waals surface area contributed by atoms with E-state index in [2.05, 4.69) is 5.32 Å². The Morgan fingerprint density at radius 3 is 2.71 bits per heavy atom. The maximum Gasteiger partial charge on any atom is 0.252 e. The van der Waals surface area contributed by atoms with Gasteiger partial charge in [0.1, 0.15) is 6.10 Å². The van der Waals surface area contributed by atoms with E-state index in [1.54, 1.807) is 24.1 Å². The summed E-state index contributed by atoms with van der Waals surface area (Å²) in [7, 11) is -3.09. The van der Waals surface area contributed by atoms with Gasteiger partial charge in [-0.1, -0.05) is 19.1 Å². The van der Waals surface area contributed by atoms with Crippen LogP contribution < -0.4 is 5.32 Å². The summed E-state index contributed by atoms with van der Waals surface area (Å²) in [6.45, 7) is 7.42. The number of anilines is 1. The van der Waals surface area contributed by atoms with Crippen LogP contribution >= 0.6 is 0 Å². The maximum atomic E-state index is 15.4. The number of nitrogens with zero attached hydrogens (tertiary/aromatic N) is 1. The van der Waals surface area contributed by atoms with Gasteiger partial charge in [-0.2, -0.15) is 0 Å². The van der Waals surface area contributed by atoms with E-state index in [-0.39, 0.29) is 42.5 Å². The number of benzene rings is 1. The molecule has 9 heteroatoms. The normalized spacial score (nSPS) is 28.2. The number of likely N-dealkylation sites (tertiary alicyclic amines) is 1. The van der Waals surface area contributed by atoms with Gasteiger partial charge in [-0.3, -0.25) is 9.59 Å². The summed E-state index contributed by atoms with van der Waals surface area (Å²) < 4.78 is 21.7. The Bertz CT molecular complexity index is 862. The molecule has 0 spiro atoms. The lowest BCUT2D eigenvalue weighted by molar-refractivity contribution is -0.135. The fourth-order valence-corrected chi connectivity index (χ4v) is 8.13. The number of aryl methyl sites for hydroxylation is 1. The highest BCUT2D eigenvalue weighted by Gasteiger charge is 2.52. The van der Waals surface area contributed by atoms with Crippen LogP contribution in [0.25, 0.3) is 0 Å². The summed E-state index contributed by atoms with van der Waals surface area (Å²) in [5, 5.41) is 21.7. The second kappa shape index (κ2) is 11.3. The second-order valence-corrected chi connectivity index (χ2v) is 14.1. The topological polar surface area (TPSA) is 99.1 Å². The Morgan fingerprint density at radius 1 is 1.32 bits per heavy atom. The molecule has 34 heavy (non-hydrogen) atoms. The smallest absolute Gasteiger partial charge is 0.252 e. The van der Waals surface area contributed by atoms with Gasteiger partial charge in [-0.25, -0.2) is 0 Å². The van der Waals surface area contributed by atoms with Crippen molar-refractivity contribution in [1.82, 2.24) is 4.90 Å². The lowest BCUT2D eigenvalue weighted by atomic mass is 9.95. The fourth-order valence-electron chi connectivity index (χ4n) is 5.58. The number of carbonyl (C=O) groups excluding carboxylic acids is 2. The van der Waals surface area contributed by atoms with Gasteiger partial charge in [-0.05, 0) is 69.3 Å². The molecule has 2 aliphatic heterocycles. The van der Waals surface area contributed by atoms with Crippen LogP contribution in [0.15, 0.2) is 24.3 Å². The molecule has 1 aromatic carbocycles. The lowest BCUT2D eigenvalue weighted by Crippen LogP contribution is -2.42. The molecule has 6 atom stereocenters. The lowest BCUT2D eigenvalue weighted by Gasteiger charge is -2.30. The molecule has 2 fully saturated rings. The van der Waals surface area contributed by atoms with E-state index in [1.807, 2.05) is 25.1 Å². The van der Waals surface area contributed by atoms with Gasteiger partial charge >= 0.3 is 0 Å². The second-order valence-electron chi connectivity index (χ2n) is 10.3. The Morgan fingerprint density at radius 2 is 2.06 bits per heavy atom. The number of amides is 2. The van der Waals surface area contributed by atoms with Crippen LogP contribution in [0.3, 0.4) is 0 Å². The molecule has 2 saturated heterocycles. The maximum absolute atomic E-state index is 15.4. The highest BCUT2D eigenvalue weighted by molar-refractivity contribution is 6.72. The third-order valence-corrected chi connectivity index (χ3v) is 9.75. The standard InChI is InChI=1S/C25H39FN2O5Si/c1-16-21(11-10-18-7-5-8-19(13-18)27-25(32)17(2)30)33-22(24(16)34(3,4)26)14-23(31)28-12-6-9-20(28)15-29/h5,7-8,13,16-17,20-22,24,29-30H,6,9-12,14-15H2,1-4H3,(H,27,32)/t16-,17+,20+,21+,22-,24+/m1/s1. The molecule has 0 aliphatic carbocycles. The molecule has 3 N–H and O–H groups in total. The van der Waals surface area contributed by atoms with Crippen molar-refractivity contribution in [3.8, 4) is 0 Å². The van der Waals surface area contributed by atoms with Crippen molar-refractivity contribution in [2.75, 3.05) is 18.5 Å². The van der Waals surface area contributed by atoms with E-state index < -0.39 is 26.5 Å². The summed E-state index contributed by atoms with van der Waals surface area (Å²) in [6, 6.07) is 7.31. The molecule has 2 heterocycles.